The van der Waals surface area contributed by atoms with Crippen LogP contribution in [0.3, 0.4) is 0 Å². The normalized spacial score (nSPS) is 11.9. The number of methoxy groups -OCH3 is 1. The Hall–Kier alpha value is -2.38. The molecule has 0 aromatic heterocycles. The lowest BCUT2D eigenvalue weighted by Gasteiger charge is -2.19. The molecule has 2 aromatic carbocycles. The second-order valence-electron chi connectivity index (χ2n) is 7.60. The van der Waals surface area contributed by atoms with E-state index >= 15 is 0 Å². The first-order chi connectivity index (χ1) is 13.1. The zero-order chi connectivity index (χ0) is 20.8. The van der Waals surface area contributed by atoms with Crippen LogP contribution in [0.15, 0.2) is 53.4 Å². The fourth-order valence-corrected chi connectivity index (χ4v) is 3.64. The number of anilines is 1. The van der Waals surface area contributed by atoms with Gasteiger partial charge in [-0.15, -0.1) is 0 Å². The summed E-state index contributed by atoms with van der Waals surface area (Å²) in [7, 11) is -2.10. The Kier molecular flexibility index (Phi) is 7.21. The molecule has 0 spiro atoms. The maximum atomic E-state index is 12.6. The van der Waals surface area contributed by atoms with Crippen molar-refractivity contribution in [3.05, 3.63) is 59.7 Å². The molecule has 6 nitrogen and oxygen atoms in total. The lowest BCUT2D eigenvalue weighted by Crippen LogP contribution is -2.28. The molecule has 152 valence electrons. The highest BCUT2D eigenvalue weighted by atomic mass is 32.2. The summed E-state index contributed by atoms with van der Waals surface area (Å²) in [5, 5.41) is 2.75. The topological polar surface area (TPSA) is 84.5 Å². The SMILES string of the molecule is COCCNC(=O)Cc1ccc(NS(=O)(=O)c2ccc(C(C)(C)C)cc2)cc1. The number of hydrogen-bond acceptors (Lipinski definition) is 4. The Morgan fingerprint density at radius 3 is 2.14 bits per heavy atom. The predicted octanol–water partition coefficient (Wildman–Crippen LogP) is 3.09. The first-order valence-electron chi connectivity index (χ1n) is 9.10. The van der Waals surface area contributed by atoms with Crippen molar-refractivity contribution >= 4 is 21.6 Å². The van der Waals surface area contributed by atoms with Crippen molar-refractivity contribution in [2.75, 3.05) is 25.0 Å². The van der Waals surface area contributed by atoms with E-state index in [2.05, 4.69) is 30.8 Å². The third-order valence-corrected chi connectivity index (χ3v) is 5.63. The third kappa shape index (κ3) is 6.35. The number of amides is 1. The molecule has 0 radical (unpaired) electrons. The van der Waals surface area contributed by atoms with Crippen LogP contribution in [0, 0.1) is 0 Å². The van der Waals surface area contributed by atoms with Crippen LogP contribution in [0.1, 0.15) is 31.9 Å². The van der Waals surface area contributed by atoms with Gasteiger partial charge in [-0.2, -0.15) is 0 Å². The van der Waals surface area contributed by atoms with Gasteiger partial charge in [-0.25, -0.2) is 8.42 Å². The minimum Gasteiger partial charge on any atom is -0.383 e. The number of benzene rings is 2. The second kappa shape index (κ2) is 9.21. The van der Waals surface area contributed by atoms with Crippen molar-refractivity contribution in [3.8, 4) is 0 Å². The van der Waals surface area contributed by atoms with Crippen LogP contribution in [-0.4, -0.2) is 34.6 Å². The number of hydrogen-bond donors (Lipinski definition) is 2. The summed E-state index contributed by atoms with van der Waals surface area (Å²) in [6, 6.07) is 13.7. The Morgan fingerprint density at radius 1 is 1.00 bits per heavy atom. The standard InChI is InChI=1S/C21H28N2O4S/c1-21(2,3)17-7-11-19(12-8-17)28(25,26)23-18-9-5-16(6-10-18)15-20(24)22-13-14-27-4/h5-12,23H,13-15H2,1-4H3,(H,22,24). The average Bonchev–Trinajstić information content (AvgIpc) is 2.63. The molecule has 0 atom stereocenters. The van der Waals surface area contributed by atoms with E-state index in [1.165, 1.54) is 0 Å². The maximum Gasteiger partial charge on any atom is 0.261 e. The van der Waals surface area contributed by atoms with E-state index in [1.807, 2.05) is 12.1 Å². The van der Waals surface area contributed by atoms with E-state index < -0.39 is 10.0 Å². The average molecular weight is 405 g/mol. The van der Waals surface area contributed by atoms with E-state index in [4.69, 9.17) is 4.74 Å². The van der Waals surface area contributed by atoms with E-state index in [1.54, 1.807) is 43.5 Å². The van der Waals surface area contributed by atoms with Crippen molar-refractivity contribution in [1.29, 1.82) is 0 Å². The van der Waals surface area contributed by atoms with E-state index in [9.17, 15) is 13.2 Å². The number of sulfonamides is 1. The zero-order valence-electron chi connectivity index (χ0n) is 16.8. The third-order valence-electron chi connectivity index (χ3n) is 4.23. The first-order valence-corrected chi connectivity index (χ1v) is 10.6. The Labute approximate surface area is 167 Å². The Bertz CT molecular complexity index is 883. The maximum absolute atomic E-state index is 12.6. The minimum absolute atomic E-state index is 0.0403. The summed E-state index contributed by atoms with van der Waals surface area (Å²) in [6.07, 6.45) is 0.227. The molecule has 2 rings (SSSR count). The van der Waals surface area contributed by atoms with Crippen LogP contribution in [0.4, 0.5) is 5.69 Å². The van der Waals surface area contributed by atoms with Gasteiger partial charge >= 0.3 is 0 Å². The van der Waals surface area contributed by atoms with E-state index in [0.29, 0.717) is 18.8 Å². The highest BCUT2D eigenvalue weighted by Crippen LogP contribution is 2.24. The highest BCUT2D eigenvalue weighted by molar-refractivity contribution is 7.92. The van der Waals surface area contributed by atoms with Crippen LogP contribution in [0.2, 0.25) is 0 Å². The fraction of sp³-hybridized carbons (Fsp3) is 0.381. The summed E-state index contributed by atoms with van der Waals surface area (Å²) in [4.78, 5) is 12.0. The largest absolute Gasteiger partial charge is 0.383 e. The highest BCUT2D eigenvalue weighted by Gasteiger charge is 2.17. The summed E-state index contributed by atoms with van der Waals surface area (Å²) in [6.45, 7) is 7.15. The number of nitrogens with one attached hydrogen (secondary N) is 2. The van der Waals surface area contributed by atoms with Gasteiger partial charge in [0.1, 0.15) is 0 Å². The van der Waals surface area contributed by atoms with Crippen molar-refractivity contribution < 1.29 is 17.9 Å². The van der Waals surface area contributed by atoms with Gasteiger partial charge in [0.25, 0.3) is 10.0 Å². The molecule has 7 heteroatoms. The summed E-state index contributed by atoms with van der Waals surface area (Å²) >= 11 is 0. The van der Waals surface area contributed by atoms with Gasteiger partial charge < -0.3 is 10.1 Å². The first kappa shape index (κ1) is 21.9. The molecule has 0 aliphatic rings. The lowest BCUT2D eigenvalue weighted by molar-refractivity contribution is -0.120. The number of ether oxygens (including phenoxy) is 1. The van der Waals surface area contributed by atoms with E-state index in [0.717, 1.165) is 11.1 Å². The molecular weight excluding hydrogens is 376 g/mol. The molecule has 0 bridgehead atoms. The molecule has 1 amide bonds. The monoisotopic (exact) mass is 404 g/mol. The van der Waals surface area contributed by atoms with Gasteiger partial charge in [-0.3, -0.25) is 9.52 Å². The minimum atomic E-state index is -3.67. The molecule has 0 saturated heterocycles. The van der Waals surface area contributed by atoms with E-state index in [-0.39, 0.29) is 22.6 Å². The van der Waals surface area contributed by atoms with Crippen LogP contribution in [0.25, 0.3) is 0 Å². The molecule has 2 N–H and O–H groups in total. The van der Waals surface area contributed by atoms with Gasteiger partial charge in [0, 0.05) is 19.3 Å². The molecular formula is C21H28N2O4S. The number of carbonyl (C=O) groups is 1. The van der Waals surface area contributed by atoms with Crippen molar-refractivity contribution in [2.45, 2.75) is 37.5 Å². The van der Waals surface area contributed by atoms with Crippen LogP contribution >= 0.6 is 0 Å². The van der Waals surface area contributed by atoms with Gasteiger partial charge in [-0.05, 0) is 40.8 Å². The molecule has 0 saturated carbocycles. The molecule has 0 aliphatic carbocycles. The van der Waals surface area contributed by atoms with Crippen molar-refractivity contribution in [1.82, 2.24) is 5.32 Å². The predicted molar refractivity (Wildman–Crippen MR) is 111 cm³/mol. The molecule has 2 aromatic rings. The summed E-state index contributed by atoms with van der Waals surface area (Å²) in [5.41, 5.74) is 2.27. The number of carbonyl (C=O) groups excluding carboxylic acids is 1. The quantitative estimate of drug-likeness (QED) is 0.662. The summed E-state index contributed by atoms with van der Waals surface area (Å²) in [5.74, 6) is -0.107. The summed E-state index contributed by atoms with van der Waals surface area (Å²) < 4.78 is 32.6. The van der Waals surface area contributed by atoms with Crippen LogP contribution in [0.5, 0.6) is 0 Å². The molecule has 0 aliphatic heterocycles. The van der Waals surface area contributed by atoms with Crippen LogP contribution < -0.4 is 10.0 Å². The zero-order valence-corrected chi connectivity index (χ0v) is 17.6. The van der Waals surface area contributed by atoms with Crippen LogP contribution in [-0.2, 0) is 31.4 Å². The van der Waals surface area contributed by atoms with Gasteiger partial charge in [-0.1, -0.05) is 45.0 Å². The van der Waals surface area contributed by atoms with Gasteiger partial charge in [0.05, 0.1) is 17.9 Å². The number of rotatable bonds is 8. The molecule has 0 heterocycles. The molecule has 0 fully saturated rings. The van der Waals surface area contributed by atoms with Crippen molar-refractivity contribution in [3.63, 3.8) is 0 Å². The molecule has 28 heavy (non-hydrogen) atoms. The van der Waals surface area contributed by atoms with Crippen molar-refractivity contribution in [2.24, 2.45) is 0 Å². The van der Waals surface area contributed by atoms with Gasteiger partial charge in [0.2, 0.25) is 5.91 Å². The Morgan fingerprint density at radius 2 is 1.61 bits per heavy atom. The lowest BCUT2D eigenvalue weighted by atomic mass is 9.87. The molecule has 0 unspecified atom stereocenters. The fourth-order valence-electron chi connectivity index (χ4n) is 2.58. The van der Waals surface area contributed by atoms with Gasteiger partial charge in [0.15, 0.2) is 0 Å². The Balaban J connectivity index is 2.01. The smallest absolute Gasteiger partial charge is 0.261 e. The second-order valence-corrected chi connectivity index (χ2v) is 9.28.